The predicted molar refractivity (Wildman–Crippen MR) is 46.3 cm³/mol. The number of rotatable bonds is 2. The molecule has 1 saturated heterocycles. The van der Waals surface area contributed by atoms with Gasteiger partial charge in [-0.2, -0.15) is 0 Å². The number of aromatic nitrogens is 2. The number of piperidine rings is 1. The lowest BCUT2D eigenvalue weighted by Crippen LogP contribution is -2.42. The third-order valence-corrected chi connectivity index (χ3v) is 2.41. The Balaban J connectivity index is 1.89. The van der Waals surface area contributed by atoms with Crippen LogP contribution >= 0.6 is 0 Å². The van der Waals surface area contributed by atoms with Gasteiger partial charge in [-0.3, -0.25) is 0 Å². The van der Waals surface area contributed by atoms with Crippen LogP contribution in [0.4, 0.5) is 5.88 Å². The van der Waals surface area contributed by atoms with Crippen molar-refractivity contribution in [2.24, 2.45) is 5.92 Å². The molecule has 0 bridgehead atoms. The number of nitrogens with one attached hydrogen (secondary N) is 2. The van der Waals surface area contributed by atoms with Gasteiger partial charge >= 0.3 is 0 Å². The Morgan fingerprint density at radius 3 is 3.00 bits per heavy atom. The Hall–Kier alpha value is -1.10. The highest BCUT2D eigenvalue weighted by Gasteiger charge is 2.19. The van der Waals surface area contributed by atoms with Crippen molar-refractivity contribution in [3.8, 4) is 0 Å². The predicted octanol–water partition coefficient (Wildman–Crippen LogP) is 0.645. The number of hydrogen-bond acceptors (Lipinski definition) is 3. The van der Waals surface area contributed by atoms with E-state index in [2.05, 4.69) is 15.1 Å². The first-order valence-corrected chi connectivity index (χ1v) is 4.63. The van der Waals surface area contributed by atoms with Crippen LogP contribution in [0, 0.1) is 5.92 Å². The van der Waals surface area contributed by atoms with Gasteiger partial charge in [0.25, 0.3) is 0 Å². The highest BCUT2D eigenvalue weighted by molar-refractivity contribution is 5.19. The fourth-order valence-corrected chi connectivity index (χ4v) is 1.69. The van der Waals surface area contributed by atoms with E-state index in [1.54, 1.807) is 10.9 Å². The lowest BCUT2D eigenvalue weighted by molar-refractivity contribution is -0.767. The zero-order chi connectivity index (χ0) is 9.10. The van der Waals surface area contributed by atoms with Gasteiger partial charge in [-0.05, 0) is 25.9 Å². The molecule has 2 heterocycles. The van der Waals surface area contributed by atoms with Crippen molar-refractivity contribution in [2.75, 3.05) is 13.1 Å². The first kappa shape index (κ1) is 8.50. The van der Waals surface area contributed by atoms with Gasteiger partial charge in [0.05, 0.1) is 0 Å². The Morgan fingerprint density at radius 2 is 2.38 bits per heavy atom. The highest BCUT2D eigenvalue weighted by Crippen LogP contribution is 2.11. The Bertz CT molecular complexity index is 267. The van der Waals surface area contributed by atoms with Gasteiger partial charge in [-0.1, -0.05) is 4.68 Å². The van der Waals surface area contributed by atoms with Crippen LogP contribution < -0.4 is 10.00 Å². The molecule has 0 unspecified atom stereocenters. The van der Waals surface area contributed by atoms with Crippen LogP contribution in [-0.4, -0.2) is 18.4 Å². The normalized spacial score (nSPS) is 19.1. The number of hydrogen-bond donors (Lipinski definition) is 1. The third-order valence-electron chi connectivity index (χ3n) is 2.41. The van der Waals surface area contributed by atoms with Crippen LogP contribution in [0.15, 0.2) is 10.7 Å². The summed E-state index contributed by atoms with van der Waals surface area (Å²) in [5.74, 6) is 0.810. The topological polar surface area (TPSA) is 65.7 Å². The smallest absolute Gasteiger partial charge is 0.222 e. The van der Waals surface area contributed by atoms with E-state index >= 15 is 0 Å². The zero-order valence-electron chi connectivity index (χ0n) is 7.49. The molecule has 5 heteroatoms. The van der Waals surface area contributed by atoms with Gasteiger partial charge in [-0.15, -0.1) is 0 Å². The van der Waals surface area contributed by atoms with Gasteiger partial charge in [0, 0.05) is 5.92 Å². The summed E-state index contributed by atoms with van der Waals surface area (Å²) in [6, 6.07) is 0. The van der Waals surface area contributed by atoms with Crippen LogP contribution in [-0.2, 0) is 6.54 Å². The minimum atomic E-state index is 0.133. The molecule has 13 heavy (non-hydrogen) atoms. The van der Waals surface area contributed by atoms with Crippen molar-refractivity contribution in [2.45, 2.75) is 19.4 Å². The van der Waals surface area contributed by atoms with Gasteiger partial charge in [0.2, 0.25) is 6.20 Å². The molecule has 1 aromatic rings. The lowest BCUT2D eigenvalue weighted by Gasteiger charge is -2.18. The highest BCUT2D eigenvalue weighted by atomic mass is 16.5. The maximum absolute atomic E-state index is 7.17. The van der Waals surface area contributed by atoms with E-state index in [4.69, 9.17) is 5.73 Å². The molecule has 1 aromatic heterocycles. The molecule has 1 aliphatic heterocycles. The largest absolute Gasteiger partial charge is 0.660 e. The first-order valence-electron chi connectivity index (χ1n) is 4.63. The molecule has 2 rings (SSSR count). The molecule has 72 valence electrons. The molecule has 0 aliphatic carbocycles. The maximum Gasteiger partial charge on any atom is 0.222 e. The standard InChI is InChI=1S/C8H14N4O/c9-8-6-12(11-13-8)5-7-1-3-10-4-2-7/h6-7,9-10H,1-5H2. The van der Waals surface area contributed by atoms with E-state index in [9.17, 15) is 0 Å². The molecule has 0 amide bonds. The second-order valence-electron chi connectivity index (χ2n) is 3.48. The van der Waals surface area contributed by atoms with E-state index in [0.717, 1.165) is 19.6 Å². The quantitative estimate of drug-likeness (QED) is 0.683. The SMILES string of the molecule is [NH-]c1c[n+](CC2CCNCC2)no1. The summed E-state index contributed by atoms with van der Waals surface area (Å²) >= 11 is 0. The minimum absolute atomic E-state index is 0.133. The van der Waals surface area contributed by atoms with Gasteiger partial charge in [0.1, 0.15) is 5.88 Å². The van der Waals surface area contributed by atoms with Crippen molar-refractivity contribution < 1.29 is 9.20 Å². The second-order valence-corrected chi connectivity index (χ2v) is 3.48. The summed E-state index contributed by atoms with van der Waals surface area (Å²) in [4.78, 5) is 0. The Labute approximate surface area is 76.9 Å². The van der Waals surface area contributed by atoms with E-state index < -0.39 is 0 Å². The Kier molecular flexibility index (Phi) is 2.44. The van der Waals surface area contributed by atoms with E-state index in [-0.39, 0.29) is 5.88 Å². The van der Waals surface area contributed by atoms with Crippen LogP contribution in [0.2, 0.25) is 0 Å². The molecular weight excluding hydrogens is 168 g/mol. The third kappa shape index (κ3) is 2.18. The monoisotopic (exact) mass is 182 g/mol. The van der Waals surface area contributed by atoms with Crippen LogP contribution in [0.1, 0.15) is 12.8 Å². The average Bonchev–Trinajstić information content (AvgIpc) is 2.53. The molecule has 0 saturated carbocycles. The lowest BCUT2D eigenvalue weighted by atomic mass is 9.98. The molecule has 0 atom stereocenters. The van der Waals surface area contributed by atoms with Crippen LogP contribution in [0.3, 0.4) is 0 Å². The molecule has 0 aromatic carbocycles. The summed E-state index contributed by atoms with van der Waals surface area (Å²) in [5.41, 5.74) is 7.17. The maximum atomic E-state index is 7.17. The fraction of sp³-hybridized carbons (Fsp3) is 0.750. The summed E-state index contributed by atoms with van der Waals surface area (Å²) in [6.45, 7) is 3.07. The van der Waals surface area contributed by atoms with Gasteiger partial charge in [-0.25, -0.2) is 0 Å². The summed E-state index contributed by atoms with van der Waals surface area (Å²) < 4.78 is 6.39. The Morgan fingerprint density at radius 1 is 1.62 bits per heavy atom. The van der Waals surface area contributed by atoms with Crippen molar-refractivity contribution in [3.05, 3.63) is 11.9 Å². The summed E-state index contributed by atoms with van der Waals surface area (Å²) in [5, 5.41) is 7.06. The molecule has 1 aliphatic rings. The average molecular weight is 182 g/mol. The van der Waals surface area contributed by atoms with Gasteiger partial charge in [0.15, 0.2) is 11.8 Å². The molecule has 5 nitrogen and oxygen atoms in total. The van der Waals surface area contributed by atoms with E-state index in [1.165, 1.54) is 12.8 Å². The van der Waals surface area contributed by atoms with Crippen molar-refractivity contribution in [3.63, 3.8) is 0 Å². The van der Waals surface area contributed by atoms with Crippen molar-refractivity contribution in [1.29, 1.82) is 0 Å². The van der Waals surface area contributed by atoms with Crippen LogP contribution in [0.5, 0.6) is 0 Å². The minimum Gasteiger partial charge on any atom is -0.660 e. The summed E-state index contributed by atoms with van der Waals surface area (Å²) in [6.07, 6.45) is 4.00. The zero-order valence-corrected chi connectivity index (χ0v) is 7.49. The molecular formula is C8H14N4O. The molecule has 0 spiro atoms. The number of nitrogens with zero attached hydrogens (tertiary/aromatic N) is 2. The van der Waals surface area contributed by atoms with Crippen molar-refractivity contribution in [1.82, 2.24) is 10.6 Å². The van der Waals surface area contributed by atoms with Crippen molar-refractivity contribution >= 4 is 5.88 Å². The second kappa shape index (κ2) is 3.74. The summed E-state index contributed by atoms with van der Waals surface area (Å²) in [7, 11) is 0. The first-order chi connectivity index (χ1) is 6.34. The van der Waals surface area contributed by atoms with E-state index in [0.29, 0.717) is 5.92 Å². The van der Waals surface area contributed by atoms with Gasteiger partial charge < -0.3 is 15.6 Å². The fourth-order valence-electron chi connectivity index (χ4n) is 1.69. The van der Waals surface area contributed by atoms with Crippen LogP contribution in [0.25, 0.3) is 5.73 Å². The molecule has 0 radical (unpaired) electrons. The molecule has 1 fully saturated rings. The van der Waals surface area contributed by atoms with E-state index in [1.807, 2.05) is 0 Å². The molecule has 2 N–H and O–H groups in total.